The van der Waals surface area contributed by atoms with Crippen molar-refractivity contribution < 1.29 is 8.42 Å². The maximum Gasteiger partial charge on any atom is 0.243 e. The SMILES string of the molecule is CNc1nccnc1CC1CCCN(S(=O)(=O)c2ccccc2)C1. The third kappa shape index (κ3) is 3.57. The van der Waals surface area contributed by atoms with Crippen LogP contribution >= 0.6 is 0 Å². The summed E-state index contributed by atoms with van der Waals surface area (Å²) in [6, 6.07) is 8.65. The number of hydrogen-bond donors (Lipinski definition) is 1. The Kier molecular flexibility index (Phi) is 5.11. The molecule has 3 rings (SSSR count). The van der Waals surface area contributed by atoms with E-state index in [4.69, 9.17) is 0 Å². The van der Waals surface area contributed by atoms with Crippen LogP contribution in [0.1, 0.15) is 18.5 Å². The molecule has 128 valence electrons. The van der Waals surface area contributed by atoms with Crippen LogP contribution < -0.4 is 5.32 Å². The first kappa shape index (κ1) is 16.9. The molecule has 2 heterocycles. The first-order chi connectivity index (χ1) is 11.6. The Hall–Kier alpha value is -1.99. The quantitative estimate of drug-likeness (QED) is 0.898. The van der Waals surface area contributed by atoms with E-state index in [1.54, 1.807) is 41.0 Å². The Morgan fingerprint density at radius 3 is 2.71 bits per heavy atom. The zero-order valence-electron chi connectivity index (χ0n) is 13.7. The van der Waals surface area contributed by atoms with E-state index in [1.165, 1.54) is 0 Å². The summed E-state index contributed by atoms with van der Waals surface area (Å²) in [6.07, 6.45) is 5.93. The van der Waals surface area contributed by atoms with Crippen LogP contribution in [0.5, 0.6) is 0 Å². The van der Waals surface area contributed by atoms with Crippen molar-refractivity contribution in [2.75, 3.05) is 25.5 Å². The Labute approximate surface area is 143 Å². The van der Waals surface area contributed by atoms with Crippen LogP contribution in [0.4, 0.5) is 5.82 Å². The van der Waals surface area contributed by atoms with E-state index < -0.39 is 10.0 Å². The van der Waals surface area contributed by atoms with Gasteiger partial charge in [0.05, 0.1) is 10.6 Å². The lowest BCUT2D eigenvalue weighted by atomic mass is 9.94. The molecule has 6 nitrogen and oxygen atoms in total. The summed E-state index contributed by atoms with van der Waals surface area (Å²) in [4.78, 5) is 9.03. The highest BCUT2D eigenvalue weighted by molar-refractivity contribution is 7.89. The van der Waals surface area contributed by atoms with E-state index in [0.717, 1.165) is 30.8 Å². The number of hydrogen-bond acceptors (Lipinski definition) is 5. The van der Waals surface area contributed by atoms with Gasteiger partial charge in [0.1, 0.15) is 5.82 Å². The van der Waals surface area contributed by atoms with Crippen LogP contribution in [-0.4, -0.2) is 42.8 Å². The van der Waals surface area contributed by atoms with Crippen LogP contribution in [0.3, 0.4) is 0 Å². The molecule has 1 fully saturated rings. The van der Waals surface area contributed by atoms with Gasteiger partial charge in [0.15, 0.2) is 0 Å². The van der Waals surface area contributed by atoms with Crippen LogP contribution in [-0.2, 0) is 16.4 Å². The van der Waals surface area contributed by atoms with E-state index in [0.29, 0.717) is 18.0 Å². The molecule has 0 aliphatic carbocycles. The average Bonchev–Trinajstić information content (AvgIpc) is 2.63. The standard InChI is InChI=1S/C17H22N4O2S/c1-18-17-16(19-9-10-20-17)12-14-6-5-11-21(13-14)24(22,23)15-7-3-2-4-8-15/h2-4,7-10,14H,5-6,11-13H2,1H3,(H,18,20). The zero-order chi connectivity index (χ0) is 17.0. The third-order valence-electron chi connectivity index (χ3n) is 4.36. The molecule has 1 aliphatic rings. The number of benzene rings is 1. The Morgan fingerprint density at radius 1 is 1.21 bits per heavy atom. The fraction of sp³-hybridized carbons (Fsp3) is 0.412. The molecular formula is C17H22N4O2S. The van der Waals surface area contributed by atoms with E-state index in [2.05, 4.69) is 15.3 Å². The van der Waals surface area contributed by atoms with Gasteiger partial charge in [-0.1, -0.05) is 18.2 Å². The number of nitrogens with one attached hydrogen (secondary N) is 1. The molecule has 1 atom stereocenters. The summed E-state index contributed by atoms with van der Waals surface area (Å²) >= 11 is 0. The lowest BCUT2D eigenvalue weighted by Crippen LogP contribution is -2.40. The minimum Gasteiger partial charge on any atom is -0.372 e. The van der Waals surface area contributed by atoms with Crippen molar-refractivity contribution in [1.29, 1.82) is 0 Å². The maximum absolute atomic E-state index is 12.8. The number of aromatic nitrogens is 2. The summed E-state index contributed by atoms with van der Waals surface area (Å²) in [5.74, 6) is 1.02. The molecular weight excluding hydrogens is 324 g/mol. The number of anilines is 1. The Bertz CT molecular complexity index is 780. The molecule has 2 aromatic rings. The van der Waals surface area contributed by atoms with E-state index in [-0.39, 0.29) is 5.92 Å². The molecule has 24 heavy (non-hydrogen) atoms. The molecule has 1 aliphatic heterocycles. The third-order valence-corrected chi connectivity index (χ3v) is 6.23. The molecule has 1 saturated heterocycles. The molecule has 7 heteroatoms. The van der Waals surface area contributed by atoms with Crippen molar-refractivity contribution in [1.82, 2.24) is 14.3 Å². The average molecular weight is 346 g/mol. The second-order valence-corrected chi connectivity index (χ2v) is 7.93. The highest BCUT2D eigenvalue weighted by atomic mass is 32.2. The van der Waals surface area contributed by atoms with Gasteiger partial charge in [0.25, 0.3) is 0 Å². The van der Waals surface area contributed by atoms with Crippen molar-refractivity contribution in [2.45, 2.75) is 24.2 Å². The van der Waals surface area contributed by atoms with Crippen LogP contribution in [0.25, 0.3) is 0 Å². The Morgan fingerprint density at radius 2 is 1.96 bits per heavy atom. The topological polar surface area (TPSA) is 75.2 Å². The van der Waals surface area contributed by atoms with Gasteiger partial charge < -0.3 is 5.32 Å². The summed E-state index contributed by atoms with van der Waals surface area (Å²) < 4.78 is 27.2. The van der Waals surface area contributed by atoms with E-state index in [1.807, 2.05) is 13.1 Å². The first-order valence-electron chi connectivity index (χ1n) is 8.14. The summed E-state index contributed by atoms with van der Waals surface area (Å²) in [6.45, 7) is 1.10. The monoisotopic (exact) mass is 346 g/mol. The minimum atomic E-state index is -3.42. The zero-order valence-corrected chi connectivity index (χ0v) is 14.5. The van der Waals surface area contributed by atoms with Gasteiger partial charge in [-0.25, -0.2) is 13.4 Å². The maximum atomic E-state index is 12.8. The second kappa shape index (κ2) is 7.27. The van der Waals surface area contributed by atoms with Gasteiger partial charge in [-0.05, 0) is 37.3 Å². The number of piperidine rings is 1. The summed E-state index contributed by atoms with van der Waals surface area (Å²) in [5, 5.41) is 3.05. The van der Waals surface area contributed by atoms with Crippen LogP contribution in [0.2, 0.25) is 0 Å². The lowest BCUT2D eigenvalue weighted by molar-refractivity contribution is 0.264. The molecule has 1 aromatic heterocycles. The van der Waals surface area contributed by atoms with Gasteiger partial charge in [-0.15, -0.1) is 0 Å². The van der Waals surface area contributed by atoms with Gasteiger partial charge in [-0.3, -0.25) is 4.98 Å². The van der Waals surface area contributed by atoms with Crippen molar-refractivity contribution >= 4 is 15.8 Å². The molecule has 1 unspecified atom stereocenters. The summed E-state index contributed by atoms with van der Waals surface area (Å²) in [5.41, 5.74) is 0.893. The molecule has 0 radical (unpaired) electrons. The Balaban J connectivity index is 1.75. The predicted molar refractivity (Wildman–Crippen MR) is 93.2 cm³/mol. The van der Waals surface area contributed by atoms with Crippen molar-refractivity contribution in [3.05, 3.63) is 48.4 Å². The molecule has 0 saturated carbocycles. The molecule has 0 bridgehead atoms. The van der Waals surface area contributed by atoms with Crippen molar-refractivity contribution in [3.63, 3.8) is 0 Å². The fourth-order valence-corrected chi connectivity index (χ4v) is 4.73. The van der Waals surface area contributed by atoms with Gasteiger partial charge >= 0.3 is 0 Å². The molecule has 0 amide bonds. The lowest BCUT2D eigenvalue weighted by Gasteiger charge is -2.32. The minimum absolute atomic E-state index is 0.251. The molecule has 1 aromatic carbocycles. The smallest absolute Gasteiger partial charge is 0.243 e. The highest BCUT2D eigenvalue weighted by Crippen LogP contribution is 2.26. The molecule has 0 spiro atoms. The number of sulfonamides is 1. The predicted octanol–water partition coefficient (Wildman–Crippen LogP) is 2.16. The van der Waals surface area contributed by atoms with Crippen LogP contribution in [0, 0.1) is 5.92 Å². The van der Waals surface area contributed by atoms with Crippen molar-refractivity contribution in [3.8, 4) is 0 Å². The highest BCUT2D eigenvalue weighted by Gasteiger charge is 2.30. The first-order valence-corrected chi connectivity index (χ1v) is 9.58. The number of rotatable bonds is 5. The van der Waals surface area contributed by atoms with Gasteiger partial charge in [0, 0.05) is 32.5 Å². The van der Waals surface area contributed by atoms with Crippen LogP contribution in [0.15, 0.2) is 47.6 Å². The number of nitrogens with zero attached hydrogens (tertiary/aromatic N) is 3. The fourth-order valence-electron chi connectivity index (χ4n) is 3.15. The van der Waals surface area contributed by atoms with Gasteiger partial charge in [-0.2, -0.15) is 4.31 Å². The van der Waals surface area contributed by atoms with Gasteiger partial charge in [0.2, 0.25) is 10.0 Å². The summed E-state index contributed by atoms with van der Waals surface area (Å²) in [7, 11) is -1.60. The van der Waals surface area contributed by atoms with Crippen molar-refractivity contribution in [2.24, 2.45) is 5.92 Å². The normalized spacial score (nSPS) is 19.1. The molecule has 1 N–H and O–H groups in total. The largest absolute Gasteiger partial charge is 0.372 e. The second-order valence-electron chi connectivity index (χ2n) is 5.99. The van der Waals surface area contributed by atoms with E-state index >= 15 is 0 Å². The van der Waals surface area contributed by atoms with E-state index in [9.17, 15) is 8.42 Å².